The zero-order valence-electron chi connectivity index (χ0n) is 10.2. The predicted molar refractivity (Wildman–Crippen MR) is 70.7 cm³/mol. The summed E-state index contributed by atoms with van der Waals surface area (Å²) in [5, 5.41) is 0. The van der Waals surface area contributed by atoms with Crippen LogP contribution < -0.4 is 5.73 Å². The summed E-state index contributed by atoms with van der Waals surface area (Å²) in [7, 11) is 0. The summed E-state index contributed by atoms with van der Waals surface area (Å²) in [6.07, 6.45) is 2.60. The summed E-state index contributed by atoms with van der Waals surface area (Å²) in [6.45, 7) is 2.82. The van der Waals surface area contributed by atoms with Crippen molar-refractivity contribution in [3.8, 4) is 0 Å². The highest BCUT2D eigenvalue weighted by atomic mass is 15.1. The average Bonchev–Trinajstić information content (AvgIpc) is 2.39. The molecule has 0 atom stereocenters. The maximum absolute atomic E-state index is 5.69. The zero-order chi connectivity index (χ0) is 12.4. The van der Waals surface area contributed by atoms with Gasteiger partial charge in [0.05, 0.1) is 17.6 Å². The van der Waals surface area contributed by atoms with Gasteiger partial charge in [-0.2, -0.15) is 0 Å². The Labute approximate surface area is 106 Å². The molecule has 0 amide bonds. The molecule has 3 rings (SSSR count). The van der Waals surface area contributed by atoms with Crippen molar-refractivity contribution in [1.29, 1.82) is 0 Å². The average molecular weight is 240 g/mol. The van der Waals surface area contributed by atoms with Crippen LogP contribution in [0.1, 0.15) is 17.0 Å². The monoisotopic (exact) mass is 240 g/mol. The van der Waals surface area contributed by atoms with Gasteiger partial charge in [-0.05, 0) is 5.56 Å². The lowest BCUT2D eigenvalue weighted by atomic mass is 10.1. The first-order chi connectivity index (χ1) is 8.81. The highest BCUT2D eigenvalue weighted by Gasteiger charge is 2.18. The minimum atomic E-state index is 0.510. The van der Waals surface area contributed by atoms with E-state index in [2.05, 4.69) is 39.1 Å². The molecule has 92 valence electrons. The number of nitrogens with zero attached hydrogens (tertiary/aromatic N) is 3. The molecule has 4 heteroatoms. The van der Waals surface area contributed by atoms with Crippen LogP contribution in [0.15, 0.2) is 36.5 Å². The molecule has 2 aromatic rings. The van der Waals surface area contributed by atoms with Gasteiger partial charge in [0.25, 0.3) is 0 Å². The molecule has 1 aliphatic rings. The Hall–Kier alpha value is -1.94. The number of benzene rings is 1. The number of anilines is 1. The second kappa shape index (κ2) is 4.74. The number of hydrogen-bond acceptors (Lipinski definition) is 4. The van der Waals surface area contributed by atoms with Gasteiger partial charge in [-0.3, -0.25) is 9.88 Å². The Kier molecular flexibility index (Phi) is 2.94. The molecule has 2 heterocycles. The van der Waals surface area contributed by atoms with Crippen LogP contribution in [0.2, 0.25) is 0 Å². The topological polar surface area (TPSA) is 55.0 Å². The van der Waals surface area contributed by atoms with Crippen LogP contribution >= 0.6 is 0 Å². The van der Waals surface area contributed by atoms with Gasteiger partial charge < -0.3 is 5.73 Å². The molecular formula is C14H16N4. The molecule has 0 radical (unpaired) electrons. The third-order valence-corrected chi connectivity index (χ3v) is 3.24. The van der Waals surface area contributed by atoms with Crippen molar-refractivity contribution in [3.05, 3.63) is 53.5 Å². The first kappa shape index (κ1) is 11.2. The minimum absolute atomic E-state index is 0.510. The van der Waals surface area contributed by atoms with Crippen molar-refractivity contribution in [1.82, 2.24) is 14.9 Å². The highest BCUT2D eigenvalue weighted by Crippen LogP contribution is 2.17. The van der Waals surface area contributed by atoms with E-state index in [4.69, 9.17) is 5.73 Å². The lowest BCUT2D eigenvalue weighted by molar-refractivity contribution is 0.239. The summed E-state index contributed by atoms with van der Waals surface area (Å²) in [4.78, 5) is 11.1. The number of nitrogen functional groups attached to an aromatic ring is 1. The minimum Gasteiger partial charge on any atom is -0.382 e. The maximum atomic E-state index is 5.69. The summed E-state index contributed by atoms with van der Waals surface area (Å²) >= 11 is 0. The Morgan fingerprint density at radius 2 is 2.00 bits per heavy atom. The molecule has 0 saturated carbocycles. The van der Waals surface area contributed by atoms with E-state index < -0.39 is 0 Å². The van der Waals surface area contributed by atoms with Crippen LogP contribution in [-0.4, -0.2) is 21.4 Å². The van der Waals surface area contributed by atoms with Gasteiger partial charge in [0.1, 0.15) is 5.82 Å². The second-order valence-electron chi connectivity index (χ2n) is 4.63. The molecule has 1 aromatic heterocycles. The van der Waals surface area contributed by atoms with Gasteiger partial charge in [0.15, 0.2) is 0 Å². The third-order valence-electron chi connectivity index (χ3n) is 3.24. The zero-order valence-corrected chi connectivity index (χ0v) is 10.2. The van der Waals surface area contributed by atoms with Crippen LogP contribution in [0.25, 0.3) is 0 Å². The number of aromatic nitrogens is 2. The van der Waals surface area contributed by atoms with E-state index in [1.807, 2.05) is 6.07 Å². The smallest absolute Gasteiger partial charge is 0.142 e. The van der Waals surface area contributed by atoms with Crippen molar-refractivity contribution in [3.63, 3.8) is 0 Å². The molecule has 2 N–H and O–H groups in total. The Balaban J connectivity index is 1.75. The molecule has 1 aromatic carbocycles. The molecule has 0 aliphatic carbocycles. The van der Waals surface area contributed by atoms with Gasteiger partial charge >= 0.3 is 0 Å². The molecule has 0 fully saturated rings. The Morgan fingerprint density at radius 3 is 2.83 bits per heavy atom. The number of hydrogen-bond donors (Lipinski definition) is 1. The van der Waals surface area contributed by atoms with Gasteiger partial charge in [-0.1, -0.05) is 30.3 Å². The highest BCUT2D eigenvalue weighted by molar-refractivity contribution is 5.29. The largest absolute Gasteiger partial charge is 0.382 e. The summed E-state index contributed by atoms with van der Waals surface area (Å²) in [5.74, 6) is 0.510. The van der Waals surface area contributed by atoms with Gasteiger partial charge in [-0.25, -0.2) is 4.98 Å². The van der Waals surface area contributed by atoms with Crippen LogP contribution in [-0.2, 0) is 19.5 Å². The Bertz CT molecular complexity index is 539. The van der Waals surface area contributed by atoms with Crippen molar-refractivity contribution in [2.75, 3.05) is 12.3 Å². The van der Waals surface area contributed by atoms with E-state index in [0.717, 1.165) is 37.4 Å². The lowest BCUT2D eigenvalue weighted by Gasteiger charge is -2.27. The molecule has 0 unspecified atom stereocenters. The molecule has 18 heavy (non-hydrogen) atoms. The van der Waals surface area contributed by atoms with Crippen molar-refractivity contribution in [2.24, 2.45) is 0 Å². The molecular weight excluding hydrogens is 224 g/mol. The molecule has 1 aliphatic heterocycles. The molecule has 4 nitrogen and oxygen atoms in total. The maximum Gasteiger partial charge on any atom is 0.142 e. The fourth-order valence-corrected chi connectivity index (χ4v) is 2.33. The first-order valence-electron chi connectivity index (χ1n) is 6.18. The Morgan fingerprint density at radius 1 is 1.17 bits per heavy atom. The molecule has 0 bridgehead atoms. The van der Waals surface area contributed by atoms with E-state index >= 15 is 0 Å². The van der Waals surface area contributed by atoms with E-state index in [-0.39, 0.29) is 0 Å². The van der Waals surface area contributed by atoms with Gasteiger partial charge in [-0.15, -0.1) is 0 Å². The van der Waals surface area contributed by atoms with E-state index in [1.165, 1.54) is 5.56 Å². The fourth-order valence-electron chi connectivity index (χ4n) is 2.33. The van der Waals surface area contributed by atoms with E-state index in [1.54, 1.807) is 6.20 Å². The third kappa shape index (κ3) is 2.33. The van der Waals surface area contributed by atoms with Crippen molar-refractivity contribution < 1.29 is 0 Å². The van der Waals surface area contributed by atoms with Crippen molar-refractivity contribution in [2.45, 2.75) is 19.5 Å². The first-order valence-corrected chi connectivity index (χ1v) is 6.18. The number of rotatable bonds is 2. The van der Waals surface area contributed by atoms with Crippen LogP contribution in [0, 0.1) is 0 Å². The van der Waals surface area contributed by atoms with Gasteiger partial charge in [0.2, 0.25) is 0 Å². The van der Waals surface area contributed by atoms with Gasteiger partial charge in [0, 0.05) is 26.1 Å². The SMILES string of the molecule is Nc1cnc2c(n1)CN(Cc1ccccc1)CC2. The fraction of sp³-hybridized carbons (Fsp3) is 0.286. The summed E-state index contributed by atoms with van der Waals surface area (Å²) in [5.41, 5.74) is 9.14. The van der Waals surface area contributed by atoms with Crippen LogP contribution in [0.4, 0.5) is 5.82 Å². The number of nitrogens with two attached hydrogens (primary N) is 1. The summed E-state index contributed by atoms with van der Waals surface area (Å²) < 4.78 is 0. The normalized spacial score (nSPS) is 15.3. The van der Waals surface area contributed by atoms with Crippen LogP contribution in [0.3, 0.4) is 0 Å². The summed E-state index contributed by atoms with van der Waals surface area (Å²) in [6, 6.07) is 10.5. The van der Waals surface area contributed by atoms with E-state index in [0.29, 0.717) is 5.82 Å². The standard InChI is InChI=1S/C14H16N4/c15-14-8-16-12-6-7-18(10-13(12)17-14)9-11-4-2-1-3-5-11/h1-5,8H,6-7,9-10H2,(H2,15,17). The predicted octanol–water partition coefficient (Wildman–Crippen LogP) is 1.62. The van der Waals surface area contributed by atoms with E-state index in [9.17, 15) is 0 Å². The lowest BCUT2D eigenvalue weighted by Crippen LogP contribution is -2.31. The molecule has 0 saturated heterocycles. The molecule has 0 spiro atoms. The quantitative estimate of drug-likeness (QED) is 0.866. The van der Waals surface area contributed by atoms with Crippen LogP contribution in [0.5, 0.6) is 0 Å². The second-order valence-corrected chi connectivity index (χ2v) is 4.63. The number of fused-ring (bicyclic) bond motifs is 1. The van der Waals surface area contributed by atoms with Crippen molar-refractivity contribution >= 4 is 5.82 Å².